The van der Waals surface area contributed by atoms with Crippen LogP contribution in [0.15, 0.2) is 61.1 Å². The summed E-state index contributed by atoms with van der Waals surface area (Å²) in [6, 6.07) is 12.4. The van der Waals surface area contributed by atoms with Gasteiger partial charge in [0, 0.05) is 30.2 Å². The summed E-state index contributed by atoms with van der Waals surface area (Å²) in [7, 11) is 0. The van der Waals surface area contributed by atoms with E-state index in [1.165, 1.54) is 29.9 Å². The third kappa shape index (κ3) is 5.64. The molecule has 0 saturated heterocycles. The van der Waals surface area contributed by atoms with Gasteiger partial charge in [0.25, 0.3) is 5.91 Å². The molecule has 5 rings (SSSR count). The van der Waals surface area contributed by atoms with Gasteiger partial charge in [-0.2, -0.15) is 0 Å². The van der Waals surface area contributed by atoms with Crippen molar-refractivity contribution >= 4 is 17.5 Å². The summed E-state index contributed by atoms with van der Waals surface area (Å²) in [6.07, 6.45) is 9.64. The van der Waals surface area contributed by atoms with Crippen molar-refractivity contribution in [1.29, 1.82) is 0 Å². The van der Waals surface area contributed by atoms with Gasteiger partial charge in [-0.3, -0.25) is 19.5 Å². The Balaban J connectivity index is 1.61. The number of fused-ring (bicyclic) bond motifs is 1. The predicted molar refractivity (Wildman–Crippen MR) is 145 cm³/mol. The van der Waals surface area contributed by atoms with Crippen LogP contribution in [0.1, 0.15) is 79.5 Å². The molecule has 2 aromatic carbocycles. The number of carbonyl (C=O) groups is 2. The zero-order valence-corrected chi connectivity index (χ0v) is 21.9. The maximum atomic E-state index is 14.1. The number of hydrogen-bond donors (Lipinski definition) is 1. The zero-order chi connectivity index (χ0) is 26.5. The number of anilines is 1. The van der Waals surface area contributed by atoms with Gasteiger partial charge in [0.15, 0.2) is 11.5 Å². The van der Waals surface area contributed by atoms with Crippen molar-refractivity contribution in [3.05, 3.63) is 77.9 Å². The minimum absolute atomic E-state index is 0.0856. The number of amides is 2. The molecule has 3 aromatic rings. The van der Waals surface area contributed by atoms with Gasteiger partial charge in [-0.1, -0.05) is 57.4 Å². The van der Waals surface area contributed by atoms with Crippen LogP contribution in [0.4, 0.5) is 5.69 Å². The normalized spacial score (nSPS) is 16.1. The van der Waals surface area contributed by atoms with Gasteiger partial charge in [-0.25, -0.2) is 4.98 Å². The number of carbonyl (C=O) groups excluding carboxylic acids is 2. The summed E-state index contributed by atoms with van der Waals surface area (Å²) in [6.45, 7) is 5.13. The third-order valence-corrected chi connectivity index (χ3v) is 7.18. The average Bonchev–Trinajstić information content (AvgIpc) is 2.96. The quantitative estimate of drug-likeness (QED) is 0.465. The van der Waals surface area contributed by atoms with E-state index in [-0.39, 0.29) is 17.6 Å². The second kappa shape index (κ2) is 11.6. The van der Waals surface area contributed by atoms with E-state index in [2.05, 4.69) is 29.1 Å². The van der Waals surface area contributed by atoms with Crippen LogP contribution in [0, 0.1) is 0 Å². The Labute approximate surface area is 223 Å². The summed E-state index contributed by atoms with van der Waals surface area (Å²) in [4.78, 5) is 38.0. The second-order valence-corrected chi connectivity index (χ2v) is 10.2. The summed E-state index contributed by atoms with van der Waals surface area (Å²) >= 11 is 0. The molecule has 1 atom stereocenters. The predicted octanol–water partition coefficient (Wildman–Crippen LogP) is 5.21. The van der Waals surface area contributed by atoms with E-state index in [0.717, 1.165) is 36.8 Å². The first-order chi connectivity index (χ1) is 18.5. The number of benzene rings is 2. The van der Waals surface area contributed by atoms with Crippen molar-refractivity contribution in [2.24, 2.45) is 0 Å². The molecule has 1 aliphatic heterocycles. The van der Waals surface area contributed by atoms with E-state index in [9.17, 15) is 9.59 Å². The Hall–Kier alpha value is -3.94. The van der Waals surface area contributed by atoms with Crippen molar-refractivity contribution < 1.29 is 19.1 Å². The van der Waals surface area contributed by atoms with Crippen LogP contribution in [-0.2, 0) is 4.79 Å². The molecular weight excluding hydrogens is 480 g/mol. The van der Waals surface area contributed by atoms with E-state index in [1.54, 1.807) is 18.2 Å². The van der Waals surface area contributed by atoms with Gasteiger partial charge >= 0.3 is 0 Å². The Morgan fingerprint density at radius 2 is 1.63 bits per heavy atom. The van der Waals surface area contributed by atoms with Crippen LogP contribution in [0.5, 0.6) is 11.5 Å². The molecule has 38 heavy (non-hydrogen) atoms. The minimum atomic E-state index is -0.921. The largest absolute Gasteiger partial charge is 0.486 e. The highest BCUT2D eigenvalue weighted by Gasteiger charge is 2.36. The van der Waals surface area contributed by atoms with Crippen molar-refractivity contribution in [2.75, 3.05) is 18.1 Å². The first kappa shape index (κ1) is 25.7. The van der Waals surface area contributed by atoms with Crippen LogP contribution >= 0.6 is 0 Å². The van der Waals surface area contributed by atoms with Crippen LogP contribution in [0.3, 0.4) is 0 Å². The van der Waals surface area contributed by atoms with E-state index in [0.29, 0.717) is 36.3 Å². The first-order valence-corrected chi connectivity index (χ1v) is 13.4. The molecule has 0 radical (unpaired) electrons. The Kier molecular flexibility index (Phi) is 7.86. The van der Waals surface area contributed by atoms with Crippen molar-refractivity contribution in [2.45, 2.75) is 64.0 Å². The molecule has 0 unspecified atom stereocenters. The minimum Gasteiger partial charge on any atom is -0.486 e. The molecule has 198 valence electrons. The number of nitrogens with zero attached hydrogens (tertiary/aromatic N) is 3. The Morgan fingerprint density at radius 3 is 2.32 bits per heavy atom. The highest BCUT2D eigenvalue weighted by Crippen LogP contribution is 2.38. The fourth-order valence-corrected chi connectivity index (χ4v) is 5.11. The Morgan fingerprint density at radius 1 is 0.921 bits per heavy atom. The molecule has 1 saturated carbocycles. The molecule has 2 heterocycles. The first-order valence-electron chi connectivity index (χ1n) is 13.4. The maximum Gasteiger partial charge on any atom is 0.279 e. The van der Waals surface area contributed by atoms with E-state index in [1.807, 2.05) is 24.3 Å². The molecule has 2 aliphatic rings. The maximum absolute atomic E-state index is 14.1. The molecular formula is C30H34N4O4. The molecule has 1 fully saturated rings. The topological polar surface area (TPSA) is 93.7 Å². The van der Waals surface area contributed by atoms with Crippen molar-refractivity contribution in [1.82, 2.24) is 15.3 Å². The summed E-state index contributed by atoms with van der Waals surface area (Å²) < 4.78 is 11.5. The molecule has 1 aliphatic carbocycles. The second-order valence-electron chi connectivity index (χ2n) is 10.2. The number of ether oxygens (including phenoxy) is 2. The standard InChI is InChI=1S/C30H34N4O4/c1-20(2)21-8-10-22(11-9-21)28(29(35)33-23-6-4-3-5-7-23)34(30(36)25-19-31-14-15-32-25)24-12-13-26-27(18-24)38-17-16-37-26/h8-15,18-20,23,28H,3-7,16-17H2,1-2H3,(H,33,35)/t28-/m0/s1. The highest BCUT2D eigenvalue weighted by molar-refractivity contribution is 6.09. The summed E-state index contributed by atoms with van der Waals surface area (Å²) in [5, 5.41) is 3.25. The van der Waals surface area contributed by atoms with Crippen LogP contribution < -0.4 is 19.7 Å². The van der Waals surface area contributed by atoms with Gasteiger partial charge in [-0.15, -0.1) is 0 Å². The van der Waals surface area contributed by atoms with E-state index >= 15 is 0 Å². The number of rotatable bonds is 7. The Bertz CT molecular complexity index is 1260. The molecule has 8 heteroatoms. The highest BCUT2D eigenvalue weighted by atomic mass is 16.6. The SMILES string of the molecule is CC(C)c1ccc([C@@H](C(=O)NC2CCCCC2)N(C(=O)c2cnccn2)c2ccc3c(c2)OCCO3)cc1. The average molecular weight is 515 g/mol. The third-order valence-electron chi connectivity index (χ3n) is 7.18. The lowest BCUT2D eigenvalue weighted by atomic mass is 9.94. The zero-order valence-electron chi connectivity index (χ0n) is 21.9. The van der Waals surface area contributed by atoms with Crippen LogP contribution in [0.25, 0.3) is 0 Å². The fourth-order valence-electron chi connectivity index (χ4n) is 5.11. The van der Waals surface area contributed by atoms with Crippen LogP contribution in [-0.4, -0.2) is 41.0 Å². The molecule has 1 aromatic heterocycles. The molecule has 2 amide bonds. The fraction of sp³-hybridized carbons (Fsp3) is 0.400. The molecule has 0 spiro atoms. The lowest BCUT2D eigenvalue weighted by Gasteiger charge is -2.34. The lowest BCUT2D eigenvalue weighted by molar-refractivity contribution is -0.123. The van der Waals surface area contributed by atoms with Gasteiger partial charge in [0.1, 0.15) is 24.9 Å². The van der Waals surface area contributed by atoms with E-state index < -0.39 is 11.9 Å². The van der Waals surface area contributed by atoms with E-state index in [4.69, 9.17) is 9.47 Å². The van der Waals surface area contributed by atoms with Gasteiger partial charge < -0.3 is 14.8 Å². The van der Waals surface area contributed by atoms with Gasteiger partial charge in [0.05, 0.1) is 6.20 Å². The molecule has 1 N–H and O–H groups in total. The summed E-state index contributed by atoms with van der Waals surface area (Å²) in [5.74, 6) is 0.838. The summed E-state index contributed by atoms with van der Waals surface area (Å²) in [5.41, 5.74) is 2.54. The van der Waals surface area contributed by atoms with Gasteiger partial charge in [0.2, 0.25) is 5.91 Å². The number of hydrogen-bond acceptors (Lipinski definition) is 6. The molecule has 8 nitrogen and oxygen atoms in total. The lowest BCUT2D eigenvalue weighted by Crippen LogP contribution is -2.47. The monoisotopic (exact) mass is 514 g/mol. The number of nitrogens with one attached hydrogen (secondary N) is 1. The van der Waals surface area contributed by atoms with Crippen molar-refractivity contribution in [3.63, 3.8) is 0 Å². The van der Waals surface area contributed by atoms with Crippen molar-refractivity contribution in [3.8, 4) is 11.5 Å². The molecule has 0 bridgehead atoms. The number of aromatic nitrogens is 2. The van der Waals surface area contributed by atoms with Crippen LogP contribution in [0.2, 0.25) is 0 Å². The van der Waals surface area contributed by atoms with Gasteiger partial charge in [-0.05, 0) is 42.0 Å². The smallest absolute Gasteiger partial charge is 0.279 e.